The van der Waals surface area contributed by atoms with Gasteiger partial charge >= 0.3 is 5.97 Å². The molecule has 0 aliphatic carbocycles. The van der Waals surface area contributed by atoms with E-state index in [-0.39, 0.29) is 32.7 Å². The Bertz CT molecular complexity index is 1800. The fraction of sp³-hybridized carbons (Fsp3) is 0.278. The van der Waals surface area contributed by atoms with Gasteiger partial charge in [-0.25, -0.2) is 0 Å². The standard InChI is InChI=1S/C36H33ClN2O7/c1-22-26(6-3-7-29(22)25-8-9-32-35(14-25)44-11-10-43-32)21-46-34-16-33(45-20-24-5-2-4-23(12-24)17-38)27(13-30(34)37)18-39-19-28(40)15-31(39)36(41)42/h2-9,12-14,16,28,31,40H,10-11,15,18-21H2,1H3,(H,41,42)/t28-,31?/m1/s1. The average Bonchev–Trinajstić information content (AvgIpc) is 3.44. The largest absolute Gasteiger partial charge is 0.488 e. The fourth-order valence-electron chi connectivity index (χ4n) is 5.88. The van der Waals surface area contributed by atoms with Gasteiger partial charge in [0, 0.05) is 31.1 Å². The molecule has 0 amide bonds. The Hall–Kier alpha value is -4.75. The minimum absolute atomic E-state index is 0.145. The van der Waals surface area contributed by atoms with E-state index in [4.69, 9.17) is 30.5 Å². The van der Waals surface area contributed by atoms with Crippen molar-refractivity contribution in [2.45, 2.75) is 45.2 Å². The summed E-state index contributed by atoms with van der Waals surface area (Å²) in [6.07, 6.45) is -0.593. The van der Waals surface area contributed by atoms with Crippen LogP contribution < -0.4 is 18.9 Å². The van der Waals surface area contributed by atoms with E-state index < -0.39 is 18.1 Å². The maximum atomic E-state index is 11.9. The van der Waals surface area contributed by atoms with Crippen molar-refractivity contribution in [3.63, 3.8) is 0 Å². The average molecular weight is 641 g/mol. The topological polar surface area (TPSA) is 121 Å². The summed E-state index contributed by atoms with van der Waals surface area (Å²) in [7, 11) is 0. The molecule has 2 aliphatic heterocycles. The van der Waals surface area contributed by atoms with E-state index in [1.54, 1.807) is 35.2 Å². The van der Waals surface area contributed by atoms with Crippen LogP contribution in [0.25, 0.3) is 11.1 Å². The number of likely N-dealkylation sites (tertiary alicyclic amines) is 1. The summed E-state index contributed by atoms with van der Waals surface area (Å²) in [5.74, 6) is 1.34. The molecule has 2 heterocycles. The third-order valence-electron chi connectivity index (χ3n) is 8.29. The number of carbonyl (C=O) groups is 1. The molecule has 6 rings (SSSR count). The molecule has 4 aromatic carbocycles. The van der Waals surface area contributed by atoms with Gasteiger partial charge in [0.1, 0.15) is 44.0 Å². The van der Waals surface area contributed by atoms with E-state index in [2.05, 4.69) is 12.1 Å². The molecule has 4 aromatic rings. The lowest BCUT2D eigenvalue weighted by Crippen LogP contribution is -2.35. The second-order valence-electron chi connectivity index (χ2n) is 11.4. The van der Waals surface area contributed by atoms with Crippen LogP contribution in [0.4, 0.5) is 0 Å². The number of carboxylic acids is 1. The smallest absolute Gasteiger partial charge is 0.321 e. The predicted molar refractivity (Wildman–Crippen MR) is 171 cm³/mol. The van der Waals surface area contributed by atoms with Crippen LogP contribution in [0.5, 0.6) is 23.0 Å². The van der Waals surface area contributed by atoms with Crippen LogP contribution in [0.15, 0.2) is 72.8 Å². The summed E-state index contributed by atoms with van der Waals surface area (Å²) >= 11 is 6.75. The van der Waals surface area contributed by atoms with Crippen molar-refractivity contribution in [1.29, 1.82) is 5.26 Å². The summed E-state index contributed by atoms with van der Waals surface area (Å²) in [5.41, 5.74) is 6.05. The molecule has 0 bridgehead atoms. The first-order valence-electron chi connectivity index (χ1n) is 15.0. The van der Waals surface area contributed by atoms with Gasteiger partial charge in [-0.3, -0.25) is 9.69 Å². The van der Waals surface area contributed by atoms with E-state index in [9.17, 15) is 20.3 Å². The molecule has 2 atom stereocenters. The second kappa shape index (κ2) is 13.7. The zero-order valence-corrected chi connectivity index (χ0v) is 26.0. The Morgan fingerprint density at radius 2 is 1.76 bits per heavy atom. The number of hydrogen-bond acceptors (Lipinski definition) is 8. The third kappa shape index (κ3) is 6.90. The predicted octanol–water partition coefficient (Wildman–Crippen LogP) is 6.14. The Morgan fingerprint density at radius 1 is 0.978 bits per heavy atom. The first kappa shape index (κ1) is 31.2. The maximum Gasteiger partial charge on any atom is 0.321 e. The molecule has 9 nitrogen and oxygen atoms in total. The number of aliphatic hydroxyl groups is 1. The molecule has 2 aliphatic rings. The highest BCUT2D eigenvalue weighted by molar-refractivity contribution is 6.32. The molecular weight excluding hydrogens is 608 g/mol. The van der Waals surface area contributed by atoms with Crippen LogP contribution in [0.1, 0.15) is 34.2 Å². The van der Waals surface area contributed by atoms with Crippen LogP contribution in [0.2, 0.25) is 5.02 Å². The lowest BCUT2D eigenvalue weighted by Gasteiger charge is -2.23. The van der Waals surface area contributed by atoms with Gasteiger partial charge in [0.2, 0.25) is 0 Å². The van der Waals surface area contributed by atoms with Crippen molar-refractivity contribution < 1.29 is 34.0 Å². The lowest BCUT2D eigenvalue weighted by atomic mass is 9.96. The zero-order chi connectivity index (χ0) is 32.2. The number of benzene rings is 4. The van der Waals surface area contributed by atoms with Crippen LogP contribution in [-0.2, 0) is 24.6 Å². The van der Waals surface area contributed by atoms with Gasteiger partial charge in [-0.05, 0) is 65.1 Å². The molecule has 0 radical (unpaired) electrons. The van der Waals surface area contributed by atoms with Crippen molar-refractivity contribution in [1.82, 2.24) is 4.90 Å². The monoisotopic (exact) mass is 640 g/mol. The molecule has 1 saturated heterocycles. The molecule has 46 heavy (non-hydrogen) atoms. The number of halogens is 1. The number of fused-ring (bicyclic) bond motifs is 1. The number of β-amino-alcohol motifs (C(OH)–C–C–N with tert-alkyl or cyclic N) is 1. The third-order valence-corrected chi connectivity index (χ3v) is 8.58. The molecule has 0 saturated carbocycles. The summed E-state index contributed by atoms with van der Waals surface area (Å²) in [6, 6.07) is 23.8. The maximum absolute atomic E-state index is 11.9. The van der Waals surface area contributed by atoms with Gasteiger partial charge in [0.25, 0.3) is 0 Å². The van der Waals surface area contributed by atoms with Crippen molar-refractivity contribution in [3.05, 3.63) is 106 Å². The number of ether oxygens (including phenoxy) is 4. The number of aliphatic hydroxyl groups excluding tert-OH is 1. The van der Waals surface area contributed by atoms with Crippen LogP contribution >= 0.6 is 11.6 Å². The minimum atomic E-state index is -0.993. The Balaban J connectivity index is 1.25. The van der Waals surface area contributed by atoms with E-state index >= 15 is 0 Å². The first-order valence-corrected chi connectivity index (χ1v) is 15.4. The minimum Gasteiger partial charge on any atom is -0.488 e. The normalized spacial score (nSPS) is 17.3. The highest BCUT2D eigenvalue weighted by Gasteiger charge is 2.36. The summed E-state index contributed by atoms with van der Waals surface area (Å²) in [5, 5.41) is 29.6. The van der Waals surface area contributed by atoms with Crippen molar-refractivity contribution in [3.8, 4) is 40.2 Å². The summed E-state index contributed by atoms with van der Waals surface area (Å²) in [4.78, 5) is 13.6. The highest BCUT2D eigenvalue weighted by atomic mass is 35.5. The molecular formula is C36H33ClN2O7. The SMILES string of the molecule is Cc1c(COc2cc(OCc3cccc(C#N)c3)c(CN3C[C@H](O)CC3C(=O)O)cc2Cl)cccc1-c1ccc2c(c1)OCCO2. The van der Waals surface area contributed by atoms with E-state index in [0.717, 1.165) is 39.3 Å². The highest BCUT2D eigenvalue weighted by Crippen LogP contribution is 2.38. The summed E-state index contributed by atoms with van der Waals surface area (Å²) in [6.45, 7) is 3.93. The Morgan fingerprint density at radius 3 is 2.57 bits per heavy atom. The van der Waals surface area contributed by atoms with Gasteiger partial charge in [0.15, 0.2) is 11.5 Å². The first-order chi connectivity index (χ1) is 22.3. The number of aliphatic carboxylic acids is 1. The molecule has 236 valence electrons. The number of nitrogens with zero attached hydrogens (tertiary/aromatic N) is 2. The molecule has 0 spiro atoms. The second-order valence-corrected chi connectivity index (χ2v) is 11.8. The Kier molecular flexibility index (Phi) is 9.31. The van der Waals surface area contributed by atoms with Gasteiger partial charge in [-0.2, -0.15) is 5.26 Å². The molecule has 0 aromatic heterocycles. The number of nitriles is 1. The van der Waals surface area contributed by atoms with E-state index in [1.165, 1.54) is 0 Å². The van der Waals surface area contributed by atoms with Crippen molar-refractivity contribution >= 4 is 17.6 Å². The lowest BCUT2D eigenvalue weighted by molar-refractivity contribution is -0.142. The Labute approximate surface area is 272 Å². The molecule has 10 heteroatoms. The molecule has 1 fully saturated rings. The van der Waals surface area contributed by atoms with Crippen LogP contribution in [0.3, 0.4) is 0 Å². The van der Waals surface area contributed by atoms with E-state index in [1.807, 2.05) is 43.3 Å². The number of hydrogen-bond donors (Lipinski definition) is 2. The van der Waals surface area contributed by atoms with Crippen molar-refractivity contribution in [2.75, 3.05) is 19.8 Å². The number of carboxylic acid groups (broad SMARTS) is 1. The zero-order valence-electron chi connectivity index (χ0n) is 25.2. The quantitative estimate of drug-likeness (QED) is 0.211. The van der Waals surface area contributed by atoms with Crippen LogP contribution in [-0.4, -0.2) is 53.0 Å². The fourth-order valence-corrected chi connectivity index (χ4v) is 6.13. The van der Waals surface area contributed by atoms with Crippen molar-refractivity contribution in [2.24, 2.45) is 0 Å². The number of rotatable bonds is 10. The van der Waals surface area contributed by atoms with Gasteiger partial charge < -0.3 is 29.2 Å². The van der Waals surface area contributed by atoms with Gasteiger partial charge in [-0.1, -0.05) is 48.0 Å². The van der Waals surface area contributed by atoms with Gasteiger partial charge in [-0.15, -0.1) is 0 Å². The molecule has 1 unspecified atom stereocenters. The van der Waals surface area contributed by atoms with Crippen LogP contribution in [0, 0.1) is 18.3 Å². The molecule has 2 N–H and O–H groups in total. The summed E-state index contributed by atoms with van der Waals surface area (Å²) < 4.78 is 24.0. The van der Waals surface area contributed by atoms with E-state index in [0.29, 0.717) is 40.9 Å². The van der Waals surface area contributed by atoms with Gasteiger partial charge in [0.05, 0.1) is 22.8 Å².